The van der Waals surface area contributed by atoms with Crippen molar-refractivity contribution in [3.05, 3.63) is 83.5 Å². The van der Waals surface area contributed by atoms with Crippen molar-refractivity contribution in [2.24, 2.45) is 0 Å². The number of nitrogens with one attached hydrogen (secondary N) is 2. The molecule has 0 aliphatic carbocycles. The number of aryl methyl sites for hydroxylation is 1. The van der Waals surface area contributed by atoms with Gasteiger partial charge in [-0.25, -0.2) is 37.1 Å². The molecule has 0 radical (unpaired) electrons. The van der Waals surface area contributed by atoms with Crippen LogP contribution in [0.5, 0.6) is 0 Å². The van der Waals surface area contributed by atoms with Crippen LogP contribution in [0, 0.1) is 18.6 Å². The number of sulfonamides is 1. The minimum Gasteiger partial charge on any atom is -0.358 e. The van der Waals surface area contributed by atoms with E-state index in [2.05, 4.69) is 30.0 Å². The summed E-state index contributed by atoms with van der Waals surface area (Å²) in [6.07, 6.45) is 7.08. The first-order valence-electron chi connectivity index (χ1n) is 13.0. The Balaban J connectivity index is 1.37. The summed E-state index contributed by atoms with van der Waals surface area (Å²) in [6, 6.07) is 9.84. The maximum atomic E-state index is 15.7. The van der Waals surface area contributed by atoms with E-state index in [-0.39, 0.29) is 22.0 Å². The van der Waals surface area contributed by atoms with Crippen LogP contribution in [0.2, 0.25) is 5.02 Å². The Kier molecular flexibility index (Phi) is 7.47. The van der Waals surface area contributed by atoms with Gasteiger partial charge in [-0.05, 0) is 62.1 Å². The number of hydrogen-bond acceptors (Lipinski definition) is 8. The van der Waals surface area contributed by atoms with E-state index in [1.807, 2.05) is 4.57 Å². The third-order valence-electron chi connectivity index (χ3n) is 6.90. The van der Waals surface area contributed by atoms with Crippen molar-refractivity contribution < 1.29 is 21.9 Å². The van der Waals surface area contributed by atoms with Crippen molar-refractivity contribution in [3.8, 4) is 11.3 Å². The van der Waals surface area contributed by atoms with Gasteiger partial charge >= 0.3 is 0 Å². The maximum absolute atomic E-state index is 15.7. The van der Waals surface area contributed by atoms with Gasteiger partial charge in [0.1, 0.15) is 46.0 Å². The van der Waals surface area contributed by atoms with Crippen LogP contribution < -0.4 is 10.0 Å². The van der Waals surface area contributed by atoms with E-state index < -0.39 is 33.0 Å². The van der Waals surface area contributed by atoms with Gasteiger partial charge in [0.25, 0.3) is 10.0 Å². The molecule has 1 unspecified atom stereocenters. The number of imidazole rings is 1. The molecular weight excluding hydrogens is 588 g/mol. The smallest absolute Gasteiger partial charge is 0.263 e. The molecule has 10 nitrogen and oxygen atoms in total. The van der Waals surface area contributed by atoms with Crippen molar-refractivity contribution in [3.63, 3.8) is 0 Å². The van der Waals surface area contributed by atoms with Gasteiger partial charge in [0.15, 0.2) is 11.5 Å². The number of ether oxygens (including phenoxy) is 1. The number of rotatable bonds is 7. The number of hydrogen-bond donors (Lipinski definition) is 2. The molecule has 0 bridgehead atoms. The molecular formula is C28H24ClF2N7O3S. The fourth-order valence-corrected chi connectivity index (χ4v) is 6.81. The minimum absolute atomic E-state index is 0.0323. The highest BCUT2D eigenvalue weighted by atomic mass is 35.5. The largest absolute Gasteiger partial charge is 0.358 e. The molecule has 1 aliphatic heterocycles. The molecule has 1 saturated heterocycles. The standard InChI is InChI=1S/C28H24ClF2N7O3S/c1-16-6-4-8-18(29)26(16)42(39,40)37-20-11-10-19(30)24(22(20)31)36-27-17(7-5-12-32-27)23-25-28(34-14-33-23)38(15-35-25)21-9-2-3-13-41-21/h4-8,10-12,14-15,21,37H,2-3,9,13H2,1H3,(H,32,36). The highest BCUT2D eigenvalue weighted by Crippen LogP contribution is 2.36. The lowest BCUT2D eigenvalue weighted by Crippen LogP contribution is -2.17. The highest BCUT2D eigenvalue weighted by Gasteiger charge is 2.25. The number of anilines is 3. The lowest BCUT2D eigenvalue weighted by atomic mass is 10.1. The first-order chi connectivity index (χ1) is 20.2. The van der Waals surface area contributed by atoms with Crippen LogP contribution in [-0.2, 0) is 14.8 Å². The summed E-state index contributed by atoms with van der Waals surface area (Å²) in [5.74, 6) is -2.07. The molecule has 0 amide bonds. The normalized spacial score (nSPS) is 15.6. The van der Waals surface area contributed by atoms with Crippen molar-refractivity contribution in [1.29, 1.82) is 0 Å². The summed E-state index contributed by atoms with van der Waals surface area (Å²) in [4.78, 5) is 17.4. The minimum atomic E-state index is -4.31. The molecule has 0 spiro atoms. The zero-order chi connectivity index (χ0) is 29.4. The van der Waals surface area contributed by atoms with Crippen LogP contribution in [-0.4, -0.2) is 39.5 Å². The average molecular weight is 612 g/mol. The van der Waals surface area contributed by atoms with Crippen molar-refractivity contribution in [2.75, 3.05) is 16.6 Å². The van der Waals surface area contributed by atoms with Gasteiger partial charge in [-0.15, -0.1) is 0 Å². The second-order valence-corrected chi connectivity index (χ2v) is 11.7. The number of benzene rings is 2. The van der Waals surface area contributed by atoms with Crippen molar-refractivity contribution in [1.82, 2.24) is 24.5 Å². The molecule has 3 aromatic heterocycles. The van der Waals surface area contributed by atoms with Crippen molar-refractivity contribution in [2.45, 2.75) is 37.3 Å². The number of nitrogens with zero attached hydrogens (tertiary/aromatic N) is 5. The molecule has 42 heavy (non-hydrogen) atoms. The molecule has 2 N–H and O–H groups in total. The van der Waals surface area contributed by atoms with Crippen LogP contribution in [0.4, 0.5) is 26.0 Å². The molecule has 216 valence electrons. The lowest BCUT2D eigenvalue weighted by Gasteiger charge is -2.23. The van der Waals surface area contributed by atoms with E-state index in [0.29, 0.717) is 34.6 Å². The number of aromatic nitrogens is 5. The van der Waals surface area contributed by atoms with Crippen LogP contribution >= 0.6 is 11.6 Å². The number of fused-ring (bicyclic) bond motifs is 1. The number of halogens is 3. The summed E-state index contributed by atoms with van der Waals surface area (Å²) >= 11 is 6.13. The molecule has 1 atom stereocenters. The molecule has 14 heteroatoms. The van der Waals surface area contributed by atoms with Gasteiger partial charge in [-0.1, -0.05) is 23.7 Å². The third kappa shape index (κ3) is 5.14. The van der Waals surface area contributed by atoms with E-state index in [1.165, 1.54) is 18.6 Å². The first kappa shape index (κ1) is 27.9. The molecule has 1 fully saturated rings. The van der Waals surface area contributed by atoms with E-state index >= 15 is 8.78 Å². The van der Waals surface area contributed by atoms with Gasteiger partial charge < -0.3 is 10.1 Å². The van der Waals surface area contributed by atoms with Gasteiger partial charge in [0.05, 0.1) is 17.0 Å². The Morgan fingerprint density at radius 2 is 1.90 bits per heavy atom. The van der Waals surface area contributed by atoms with Crippen LogP contribution in [0.25, 0.3) is 22.4 Å². The fraction of sp³-hybridized carbons (Fsp3) is 0.214. The zero-order valence-corrected chi connectivity index (χ0v) is 23.8. The summed E-state index contributed by atoms with van der Waals surface area (Å²) in [5.41, 5.74) is 1.06. The van der Waals surface area contributed by atoms with Crippen LogP contribution in [0.15, 0.2) is 66.2 Å². The molecule has 1 aliphatic rings. The molecule has 2 aromatic carbocycles. The molecule has 0 saturated carbocycles. The Morgan fingerprint density at radius 1 is 1.05 bits per heavy atom. The fourth-order valence-electron chi connectivity index (χ4n) is 4.92. The molecule has 5 aromatic rings. The van der Waals surface area contributed by atoms with E-state index in [0.717, 1.165) is 31.4 Å². The SMILES string of the molecule is Cc1cccc(Cl)c1S(=O)(=O)Nc1ccc(F)c(Nc2ncccc2-c2ncnc3c2ncn3C2CCCCO2)c1F. The molecule has 6 rings (SSSR count). The Labute approximate surface area is 244 Å². The van der Waals surface area contributed by atoms with E-state index in [9.17, 15) is 8.42 Å². The predicted molar refractivity (Wildman–Crippen MR) is 154 cm³/mol. The second-order valence-electron chi connectivity index (χ2n) is 9.67. The number of pyridine rings is 1. The van der Waals surface area contributed by atoms with Crippen LogP contribution in [0.1, 0.15) is 31.1 Å². The highest BCUT2D eigenvalue weighted by molar-refractivity contribution is 7.92. The summed E-state index contributed by atoms with van der Waals surface area (Å²) < 4.78 is 66.9. The Hall–Kier alpha value is -4.20. The average Bonchev–Trinajstić information content (AvgIpc) is 3.42. The summed E-state index contributed by atoms with van der Waals surface area (Å²) in [7, 11) is -4.31. The topological polar surface area (TPSA) is 124 Å². The Bertz CT molecular complexity index is 1890. The lowest BCUT2D eigenvalue weighted by molar-refractivity contribution is -0.0298. The zero-order valence-electron chi connectivity index (χ0n) is 22.2. The third-order valence-corrected chi connectivity index (χ3v) is 8.89. The summed E-state index contributed by atoms with van der Waals surface area (Å²) in [5, 5.41) is 2.66. The van der Waals surface area contributed by atoms with E-state index in [1.54, 1.807) is 37.5 Å². The second kappa shape index (κ2) is 11.2. The quantitative estimate of drug-likeness (QED) is 0.217. The Morgan fingerprint density at radius 3 is 2.69 bits per heavy atom. The first-order valence-corrected chi connectivity index (χ1v) is 14.9. The van der Waals surface area contributed by atoms with Gasteiger partial charge in [-0.2, -0.15) is 0 Å². The van der Waals surface area contributed by atoms with Crippen LogP contribution in [0.3, 0.4) is 0 Å². The van der Waals surface area contributed by atoms with Gasteiger partial charge in [0, 0.05) is 18.4 Å². The van der Waals surface area contributed by atoms with E-state index in [4.69, 9.17) is 16.3 Å². The monoisotopic (exact) mass is 611 g/mol. The summed E-state index contributed by atoms with van der Waals surface area (Å²) in [6.45, 7) is 2.20. The maximum Gasteiger partial charge on any atom is 0.263 e. The van der Waals surface area contributed by atoms with Gasteiger partial charge in [-0.3, -0.25) is 9.29 Å². The predicted octanol–water partition coefficient (Wildman–Crippen LogP) is 6.37. The molecule has 4 heterocycles. The van der Waals surface area contributed by atoms with Gasteiger partial charge in [0.2, 0.25) is 0 Å². The van der Waals surface area contributed by atoms with Crippen molar-refractivity contribution >= 4 is 50.0 Å².